The van der Waals surface area contributed by atoms with E-state index < -0.39 is 11.9 Å². The van der Waals surface area contributed by atoms with Gasteiger partial charge in [-0.1, -0.05) is 45.4 Å². The van der Waals surface area contributed by atoms with Gasteiger partial charge in [-0.2, -0.15) is 13.8 Å². The Morgan fingerprint density at radius 2 is 1.40 bits per heavy atom. The highest BCUT2D eigenvalue weighted by Gasteiger charge is 2.30. The average Bonchev–Trinajstić information content (AvgIpc) is 2.62. The highest BCUT2D eigenvalue weighted by Crippen LogP contribution is 2.42. The maximum absolute atomic E-state index is 13.6. The van der Waals surface area contributed by atoms with E-state index in [9.17, 15) is 8.78 Å². The van der Waals surface area contributed by atoms with Gasteiger partial charge in [-0.25, -0.2) is 0 Å². The summed E-state index contributed by atoms with van der Waals surface area (Å²) in [5.74, 6) is 2.25. The Morgan fingerprint density at radius 3 is 1.92 bits per heavy atom. The molecule has 0 bridgehead atoms. The quantitative estimate of drug-likeness (QED) is 0.520. The smallest absolute Gasteiger partial charge is 0.190 e. The number of rotatable bonds is 6. The first kappa shape index (κ1) is 18.8. The van der Waals surface area contributed by atoms with Crippen LogP contribution in [0.25, 0.3) is 0 Å². The van der Waals surface area contributed by atoms with Gasteiger partial charge < -0.3 is 0 Å². The van der Waals surface area contributed by atoms with Gasteiger partial charge in [0.05, 0.1) is 0 Å². The monoisotopic (exact) mass is 349 g/mol. The number of halogens is 2. The minimum absolute atomic E-state index is 0.567. The summed E-state index contributed by atoms with van der Waals surface area (Å²) in [7, 11) is 0. The zero-order valence-electron chi connectivity index (χ0n) is 15.7. The summed E-state index contributed by atoms with van der Waals surface area (Å²) in [5.41, 5.74) is 0.567. The van der Waals surface area contributed by atoms with Gasteiger partial charge in [-0.05, 0) is 74.3 Å². The minimum Gasteiger partial charge on any atom is -0.190 e. The first-order chi connectivity index (χ1) is 12.2. The molecule has 0 amide bonds. The number of pyridine rings is 1. The molecular weight excluding hydrogens is 316 g/mol. The van der Waals surface area contributed by atoms with Gasteiger partial charge in [0.2, 0.25) is 11.9 Å². The lowest BCUT2D eigenvalue weighted by molar-refractivity contribution is 0.141. The van der Waals surface area contributed by atoms with E-state index in [2.05, 4.69) is 11.9 Å². The van der Waals surface area contributed by atoms with E-state index in [4.69, 9.17) is 0 Å². The molecular formula is C22H33F2N. The molecule has 2 fully saturated rings. The number of hydrogen-bond donors (Lipinski definition) is 0. The fourth-order valence-electron chi connectivity index (χ4n) is 5.29. The molecule has 25 heavy (non-hydrogen) atoms. The van der Waals surface area contributed by atoms with Crippen LogP contribution in [0.1, 0.15) is 83.1 Å². The lowest BCUT2D eigenvalue weighted by Gasteiger charge is -2.38. The Bertz CT molecular complexity index is 529. The second-order valence-corrected chi connectivity index (χ2v) is 8.47. The maximum atomic E-state index is 13.6. The van der Waals surface area contributed by atoms with E-state index >= 15 is 0 Å². The first-order valence-corrected chi connectivity index (χ1v) is 10.5. The van der Waals surface area contributed by atoms with E-state index in [1.807, 2.05) is 0 Å². The Balaban J connectivity index is 1.39. The molecule has 2 aliphatic rings. The molecule has 1 nitrogen and oxygen atoms in total. The van der Waals surface area contributed by atoms with Crippen LogP contribution in [0.3, 0.4) is 0 Å². The van der Waals surface area contributed by atoms with Crippen LogP contribution < -0.4 is 0 Å². The van der Waals surface area contributed by atoms with Gasteiger partial charge in [0.25, 0.3) is 0 Å². The molecule has 1 aromatic rings. The molecule has 0 radical (unpaired) electrons. The molecule has 0 unspecified atom stereocenters. The first-order valence-electron chi connectivity index (χ1n) is 10.5. The second kappa shape index (κ2) is 9.09. The van der Waals surface area contributed by atoms with Gasteiger partial charge in [-0.3, -0.25) is 0 Å². The lowest BCUT2D eigenvalue weighted by atomic mass is 9.68. The third kappa shape index (κ3) is 5.24. The molecule has 0 saturated heterocycles. The van der Waals surface area contributed by atoms with Gasteiger partial charge in [0.1, 0.15) is 0 Å². The number of nitrogens with zero attached hydrogens (tertiary/aromatic N) is 1. The largest absolute Gasteiger partial charge is 0.218 e. The van der Waals surface area contributed by atoms with Crippen LogP contribution in [0, 0.1) is 35.6 Å². The Hall–Kier alpha value is -0.990. The fraction of sp³-hybridized carbons (Fsp3) is 0.773. The summed E-state index contributed by atoms with van der Waals surface area (Å²) in [6, 6.07) is 2.82. The van der Waals surface area contributed by atoms with Crippen molar-refractivity contribution in [3.63, 3.8) is 0 Å². The van der Waals surface area contributed by atoms with Crippen molar-refractivity contribution in [2.45, 2.75) is 84.0 Å². The minimum atomic E-state index is -0.726. The Morgan fingerprint density at radius 1 is 0.840 bits per heavy atom. The van der Waals surface area contributed by atoms with Crippen molar-refractivity contribution in [3.05, 3.63) is 29.6 Å². The maximum Gasteiger partial charge on any atom is 0.218 e. The molecule has 0 aromatic carbocycles. The summed E-state index contributed by atoms with van der Waals surface area (Å²) >= 11 is 0. The third-order valence-electron chi connectivity index (χ3n) is 6.86. The van der Waals surface area contributed by atoms with Crippen LogP contribution in [-0.2, 0) is 6.42 Å². The van der Waals surface area contributed by atoms with Crippen LogP contribution >= 0.6 is 0 Å². The molecule has 0 atom stereocenters. The van der Waals surface area contributed by atoms with Crippen molar-refractivity contribution < 1.29 is 8.78 Å². The fourth-order valence-corrected chi connectivity index (χ4v) is 5.29. The van der Waals surface area contributed by atoms with Crippen molar-refractivity contribution in [3.8, 4) is 0 Å². The zero-order chi connectivity index (χ0) is 17.6. The van der Waals surface area contributed by atoms with E-state index in [0.717, 1.165) is 24.2 Å². The van der Waals surface area contributed by atoms with Gasteiger partial charge in [0, 0.05) is 5.56 Å². The van der Waals surface area contributed by atoms with Crippen LogP contribution in [0.4, 0.5) is 8.78 Å². The summed E-state index contributed by atoms with van der Waals surface area (Å²) in [5, 5.41) is 0. The van der Waals surface area contributed by atoms with E-state index in [0.29, 0.717) is 17.9 Å². The summed E-state index contributed by atoms with van der Waals surface area (Å²) < 4.78 is 26.5. The number of aryl methyl sites for hydroxylation is 1. The second-order valence-electron chi connectivity index (χ2n) is 8.47. The molecule has 1 aromatic heterocycles. The average molecular weight is 350 g/mol. The summed E-state index contributed by atoms with van der Waals surface area (Å²) in [4.78, 5) is 3.30. The highest BCUT2D eigenvalue weighted by molar-refractivity contribution is 5.11. The van der Waals surface area contributed by atoms with Crippen LogP contribution in [-0.4, -0.2) is 4.98 Å². The molecule has 1 heterocycles. The third-order valence-corrected chi connectivity index (χ3v) is 6.86. The van der Waals surface area contributed by atoms with E-state index in [-0.39, 0.29) is 0 Å². The van der Waals surface area contributed by atoms with E-state index in [1.54, 1.807) is 6.07 Å². The van der Waals surface area contributed by atoms with Crippen molar-refractivity contribution in [2.75, 3.05) is 0 Å². The van der Waals surface area contributed by atoms with Gasteiger partial charge in [-0.15, -0.1) is 0 Å². The molecule has 0 aliphatic heterocycles. The van der Waals surface area contributed by atoms with Gasteiger partial charge in [0.15, 0.2) is 0 Å². The molecule has 2 aliphatic carbocycles. The standard InChI is InChI=1S/C22H33F2N/c1-2-3-16-4-9-18(10-5-16)19-11-6-17(7-12-19)8-13-20-14-15-21(23)25-22(20)24/h14-19H,2-13H2,1H3. The summed E-state index contributed by atoms with van der Waals surface area (Å²) in [6.07, 6.45) is 15.6. The van der Waals surface area contributed by atoms with Crippen molar-refractivity contribution in [1.82, 2.24) is 4.98 Å². The lowest BCUT2D eigenvalue weighted by Crippen LogP contribution is -2.26. The molecule has 0 N–H and O–H groups in total. The topological polar surface area (TPSA) is 12.9 Å². The summed E-state index contributed by atoms with van der Waals surface area (Å²) in [6.45, 7) is 2.31. The predicted molar refractivity (Wildman–Crippen MR) is 98.3 cm³/mol. The van der Waals surface area contributed by atoms with Crippen LogP contribution in [0.2, 0.25) is 0 Å². The Labute approximate surface area is 151 Å². The number of hydrogen-bond acceptors (Lipinski definition) is 1. The van der Waals surface area contributed by atoms with Crippen molar-refractivity contribution in [1.29, 1.82) is 0 Å². The van der Waals surface area contributed by atoms with Crippen molar-refractivity contribution in [2.24, 2.45) is 23.7 Å². The zero-order valence-corrected chi connectivity index (χ0v) is 15.7. The SMILES string of the molecule is CCCC1CCC(C2CCC(CCc3ccc(F)nc3F)CC2)CC1. The Kier molecular flexibility index (Phi) is 6.84. The molecule has 2 saturated carbocycles. The van der Waals surface area contributed by atoms with Crippen molar-refractivity contribution >= 4 is 0 Å². The van der Waals surface area contributed by atoms with E-state index in [1.165, 1.54) is 70.3 Å². The van der Waals surface area contributed by atoms with Gasteiger partial charge >= 0.3 is 0 Å². The number of aromatic nitrogens is 1. The molecule has 140 valence electrons. The normalized spacial score (nSPS) is 30.4. The predicted octanol–water partition coefficient (Wildman–Crippen LogP) is 6.71. The molecule has 3 heteroatoms. The van der Waals surface area contributed by atoms with Crippen LogP contribution in [0.15, 0.2) is 12.1 Å². The van der Waals surface area contributed by atoms with Crippen LogP contribution in [0.5, 0.6) is 0 Å². The highest BCUT2D eigenvalue weighted by atomic mass is 19.1. The molecule has 3 rings (SSSR count). The molecule has 0 spiro atoms.